The lowest BCUT2D eigenvalue weighted by Gasteiger charge is -2.16. The van der Waals surface area contributed by atoms with Gasteiger partial charge in [0.05, 0.1) is 6.10 Å². The molecule has 1 atom stereocenters. The molecule has 2 rings (SSSR count). The molecule has 2 heteroatoms. The summed E-state index contributed by atoms with van der Waals surface area (Å²) < 4.78 is 0. The van der Waals surface area contributed by atoms with Crippen LogP contribution in [0.1, 0.15) is 28.4 Å². The predicted octanol–water partition coefficient (Wildman–Crippen LogP) is 3.76. The first-order chi connectivity index (χ1) is 9.06. The summed E-state index contributed by atoms with van der Waals surface area (Å²) in [6.07, 6.45) is -0.486. The Kier molecular flexibility index (Phi) is 4.23. The Morgan fingerprint density at radius 3 is 2.47 bits per heavy atom. The van der Waals surface area contributed by atoms with E-state index in [-0.39, 0.29) is 0 Å². The minimum absolute atomic E-state index is 0.486. The number of hydrogen-bond acceptors (Lipinski definition) is 2. The summed E-state index contributed by atoms with van der Waals surface area (Å²) in [5.41, 5.74) is 5.56. The summed E-state index contributed by atoms with van der Waals surface area (Å²) >= 11 is 0. The highest BCUT2D eigenvalue weighted by atomic mass is 16.3. The van der Waals surface area contributed by atoms with Gasteiger partial charge in [0, 0.05) is 12.2 Å². The fraction of sp³-hybridized carbons (Fsp3) is 0.294. The molecule has 0 radical (unpaired) electrons. The van der Waals surface area contributed by atoms with Crippen LogP contribution in [-0.2, 0) is 0 Å². The second-order valence-electron chi connectivity index (χ2n) is 5.13. The van der Waals surface area contributed by atoms with Crippen molar-refractivity contribution >= 4 is 5.69 Å². The molecule has 0 aliphatic rings. The lowest BCUT2D eigenvalue weighted by molar-refractivity contribution is 0.191. The SMILES string of the molecule is Cc1cccc(NCC(O)c2cc(C)ccc2C)c1. The molecule has 2 aromatic carbocycles. The number of aliphatic hydroxyl groups is 1. The van der Waals surface area contributed by atoms with Crippen molar-refractivity contribution in [2.75, 3.05) is 11.9 Å². The van der Waals surface area contributed by atoms with Crippen LogP contribution in [0.4, 0.5) is 5.69 Å². The highest BCUT2D eigenvalue weighted by Crippen LogP contribution is 2.20. The van der Waals surface area contributed by atoms with Gasteiger partial charge in [0.25, 0.3) is 0 Å². The topological polar surface area (TPSA) is 32.3 Å². The first-order valence-electron chi connectivity index (χ1n) is 6.62. The Morgan fingerprint density at radius 1 is 1.00 bits per heavy atom. The summed E-state index contributed by atoms with van der Waals surface area (Å²) in [6.45, 7) is 6.66. The second kappa shape index (κ2) is 5.89. The molecule has 0 fully saturated rings. The maximum atomic E-state index is 10.3. The van der Waals surface area contributed by atoms with Gasteiger partial charge in [-0.05, 0) is 49.6 Å². The van der Waals surface area contributed by atoms with Gasteiger partial charge in [-0.25, -0.2) is 0 Å². The van der Waals surface area contributed by atoms with Crippen molar-refractivity contribution in [2.24, 2.45) is 0 Å². The van der Waals surface area contributed by atoms with Crippen LogP contribution in [0.5, 0.6) is 0 Å². The van der Waals surface area contributed by atoms with Crippen molar-refractivity contribution in [3.05, 3.63) is 64.7 Å². The zero-order valence-electron chi connectivity index (χ0n) is 11.8. The van der Waals surface area contributed by atoms with Crippen molar-refractivity contribution in [1.82, 2.24) is 0 Å². The van der Waals surface area contributed by atoms with Crippen LogP contribution in [0, 0.1) is 20.8 Å². The van der Waals surface area contributed by atoms with Crippen LogP contribution < -0.4 is 5.32 Å². The summed E-state index contributed by atoms with van der Waals surface area (Å²) in [5.74, 6) is 0. The van der Waals surface area contributed by atoms with Gasteiger partial charge < -0.3 is 10.4 Å². The number of aliphatic hydroxyl groups excluding tert-OH is 1. The third-order valence-electron chi connectivity index (χ3n) is 3.31. The van der Waals surface area contributed by atoms with E-state index in [1.54, 1.807) is 0 Å². The molecule has 0 aliphatic heterocycles. The quantitative estimate of drug-likeness (QED) is 0.872. The van der Waals surface area contributed by atoms with E-state index in [4.69, 9.17) is 0 Å². The van der Waals surface area contributed by atoms with E-state index in [0.29, 0.717) is 6.54 Å². The lowest BCUT2D eigenvalue weighted by Crippen LogP contribution is -2.13. The smallest absolute Gasteiger partial charge is 0.0964 e. The minimum atomic E-state index is -0.486. The molecular formula is C17H21NO. The van der Waals surface area contributed by atoms with Crippen LogP contribution in [0.2, 0.25) is 0 Å². The monoisotopic (exact) mass is 255 g/mol. The normalized spacial score (nSPS) is 12.2. The highest BCUT2D eigenvalue weighted by Gasteiger charge is 2.10. The van der Waals surface area contributed by atoms with Crippen molar-refractivity contribution in [1.29, 1.82) is 0 Å². The summed E-state index contributed by atoms with van der Waals surface area (Å²) in [4.78, 5) is 0. The van der Waals surface area contributed by atoms with Gasteiger partial charge in [-0.1, -0.05) is 35.9 Å². The molecule has 0 saturated heterocycles. The molecule has 0 heterocycles. The van der Waals surface area contributed by atoms with Crippen molar-refractivity contribution in [3.8, 4) is 0 Å². The number of benzene rings is 2. The van der Waals surface area contributed by atoms with Crippen LogP contribution in [0.15, 0.2) is 42.5 Å². The van der Waals surface area contributed by atoms with Crippen molar-refractivity contribution in [3.63, 3.8) is 0 Å². The number of anilines is 1. The molecule has 0 amide bonds. The molecule has 2 N–H and O–H groups in total. The van der Waals surface area contributed by atoms with Gasteiger partial charge in [0.15, 0.2) is 0 Å². The molecule has 2 nitrogen and oxygen atoms in total. The second-order valence-corrected chi connectivity index (χ2v) is 5.13. The first kappa shape index (κ1) is 13.6. The molecule has 2 aromatic rings. The number of aryl methyl sites for hydroxylation is 3. The van der Waals surface area contributed by atoms with E-state index in [1.807, 2.05) is 26.0 Å². The maximum Gasteiger partial charge on any atom is 0.0964 e. The Labute approximate surface area is 115 Å². The number of hydrogen-bond donors (Lipinski definition) is 2. The molecule has 1 unspecified atom stereocenters. The standard InChI is InChI=1S/C17H21NO/c1-12-5-4-6-15(9-12)18-11-17(19)16-10-13(2)7-8-14(16)3/h4-10,17-19H,11H2,1-3H3. The Bertz CT molecular complexity index is 563. The summed E-state index contributed by atoms with van der Waals surface area (Å²) in [7, 11) is 0. The van der Waals surface area contributed by atoms with Gasteiger partial charge in [-0.15, -0.1) is 0 Å². The summed E-state index contributed by atoms with van der Waals surface area (Å²) in [6, 6.07) is 14.4. The van der Waals surface area contributed by atoms with Gasteiger partial charge in [-0.2, -0.15) is 0 Å². The third kappa shape index (κ3) is 3.58. The van der Waals surface area contributed by atoms with E-state index in [1.165, 1.54) is 11.1 Å². The predicted molar refractivity (Wildman–Crippen MR) is 80.5 cm³/mol. The molecule has 19 heavy (non-hydrogen) atoms. The van der Waals surface area contributed by atoms with Crippen LogP contribution in [-0.4, -0.2) is 11.7 Å². The van der Waals surface area contributed by atoms with E-state index in [0.717, 1.165) is 16.8 Å². The van der Waals surface area contributed by atoms with Crippen LogP contribution >= 0.6 is 0 Å². The lowest BCUT2D eigenvalue weighted by atomic mass is 10.0. The zero-order chi connectivity index (χ0) is 13.8. The average Bonchev–Trinajstić information content (AvgIpc) is 2.39. The van der Waals surface area contributed by atoms with E-state index < -0.39 is 6.10 Å². The molecular weight excluding hydrogens is 234 g/mol. The largest absolute Gasteiger partial charge is 0.387 e. The first-order valence-corrected chi connectivity index (χ1v) is 6.62. The fourth-order valence-electron chi connectivity index (χ4n) is 2.20. The molecule has 0 saturated carbocycles. The van der Waals surface area contributed by atoms with Crippen LogP contribution in [0.25, 0.3) is 0 Å². The van der Waals surface area contributed by atoms with Crippen LogP contribution in [0.3, 0.4) is 0 Å². The Balaban J connectivity index is 2.05. The van der Waals surface area contributed by atoms with E-state index in [9.17, 15) is 5.11 Å². The fourth-order valence-corrected chi connectivity index (χ4v) is 2.20. The van der Waals surface area contributed by atoms with Crippen molar-refractivity contribution in [2.45, 2.75) is 26.9 Å². The molecule has 0 aliphatic carbocycles. The van der Waals surface area contributed by atoms with Gasteiger partial charge in [-0.3, -0.25) is 0 Å². The molecule has 100 valence electrons. The Morgan fingerprint density at radius 2 is 1.74 bits per heavy atom. The van der Waals surface area contributed by atoms with Gasteiger partial charge in [0.1, 0.15) is 0 Å². The maximum absolute atomic E-state index is 10.3. The average molecular weight is 255 g/mol. The molecule has 0 spiro atoms. The Hall–Kier alpha value is -1.80. The van der Waals surface area contributed by atoms with E-state index >= 15 is 0 Å². The summed E-state index contributed by atoms with van der Waals surface area (Å²) in [5, 5.41) is 13.6. The van der Waals surface area contributed by atoms with Gasteiger partial charge >= 0.3 is 0 Å². The number of nitrogens with one attached hydrogen (secondary N) is 1. The molecule has 0 aromatic heterocycles. The number of rotatable bonds is 4. The molecule has 0 bridgehead atoms. The van der Waals surface area contributed by atoms with Gasteiger partial charge in [0.2, 0.25) is 0 Å². The third-order valence-corrected chi connectivity index (χ3v) is 3.31. The highest BCUT2D eigenvalue weighted by molar-refractivity contribution is 5.46. The zero-order valence-corrected chi connectivity index (χ0v) is 11.8. The minimum Gasteiger partial charge on any atom is -0.387 e. The van der Waals surface area contributed by atoms with E-state index in [2.05, 4.69) is 42.6 Å². The van der Waals surface area contributed by atoms with Crippen molar-refractivity contribution < 1.29 is 5.11 Å².